The Balaban J connectivity index is 1.26. The maximum atomic E-state index is 11.4. The first-order valence-electron chi connectivity index (χ1n) is 11.5. The Bertz CT molecular complexity index is 1430. The lowest BCUT2D eigenvalue weighted by atomic mass is 9.90. The fourth-order valence-corrected chi connectivity index (χ4v) is 8.44. The summed E-state index contributed by atoms with van der Waals surface area (Å²) in [6.07, 6.45) is 1.46. The van der Waals surface area contributed by atoms with Crippen LogP contribution in [-0.2, 0) is 18.3 Å². The van der Waals surface area contributed by atoms with Gasteiger partial charge in [-0.25, -0.2) is 5.26 Å². The van der Waals surface area contributed by atoms with E-state index in [9.17, 15) is 9.90 Å². The summed E-state index contributed by atoms with van der Waals surface area (Å²) in [4.78, 5) is 19.3. The van der Waals surface area contributed by atoms with Crippen molar-refractivity contribution in [2.45, 2.75) is 30.0 Å². The van der Waals surface area contributed by atoms with Gasteiger partial charge in [0.15, 0.2) is 16.7 Å². The van der Waals surface area contributed by atoms with E-state index < -0.39 is 5.97 Å². The van der Waals surface area contributed by atoms with Crippen LogP contribution in [0.5, 0.6) is 5.75 Å². The summed E-state index contributed by atoms with van der Waals surface area (Å²) in [5.41, 5.74) is 2.75. The predicted octanol–water partition coefficient (Wildman–Crippen LogP) is 4.82. The Morgan fingerprint density at radius 1 is 1.27 bits per heavy atom. The minimum absolute atomic E-state index is 0.129. The fourth-order valence-electron chi connectivity index (χ4n) is 4.35. The van der Waals surface area contributed by atoms with E-state index in [1.807, 2.05) is 17.7 Å². The molecule has 5 rings (SSSR count). The van der Waals surface area contributed by atoms with Gasteiger partial charge in [0.05, 0.1) is 10.6 Å². The van der Waals surface area contributed by atoms with Gasteiger partial charge in [-0.3, -0.25) is 4.79 Å². The molecule has 1 aliphatic rings. The van der Waals surface area contributed by atoms with Crippen molar-refractivity contribution in [2.75, 3.05) is 10.8 Å². The van der Waals surface area contributed by atoms with E-state index in [0.29, 0.717) is 23.1 Å². The number of rotatable bonds is 11. The lowest BCUT2D eigenvalue weighted by molar-refractivity contribution is -0.137. The highest BCUT2D eigenvalue weighted by molar-refractivity contribution is 8.20. The van der Waals surface area contributed by atoms with E-state index in [-0.39, 0.29) is 12.0 Å². The minimum Gasteiger partial charge on any atom is -0.481 e. The van der Waals surface area contributed by atoms with Gasteiger partial charge in [0, 0.05) is 42.4 Å². The largest absolute Gasteiger partial charge is 0.481 e. The number of carboxylic acid groups (broad SMARTS) is 1. The fraction of sp³-hybridized carbons (Fsp3) is 0.292. The van der Waals surface area contributed by atoms with Gasteiger partial charge in [-0.05, 0) is 41.4 Å². The highest BCUT2D eigenvalue weighted by Gasteiger charge is 2.47. The topological polar surface area (TPSA) is 117 Å². The summed E-state index contributed by atoms with van der Waals surface area (Å²) in [6.45, 7) is 0. The van der Waals surface area contributed by atoms with Gasteiger partial charge in [-0.2, -0.15) is 3.71 Å². The van der Waals surface area contributed by atoms with Gasteiger partial charge in [0.25, 0.3) is 0 Å². The van der Waals surface area contributed by atoms with Crippen LogP contribution in [-0.4, -0.2) is 56.2 Å². The number of nitrogens with zero attached hydrogens (tertiary/aromatic N) is 4. The van der Waals surface area contributed by atoms with Crippen molar-refractivity contribution in [1.82, 2.24) is 23.5 Å². The van der Waals surface area contributed by atoms with Crippen LogP contribution >= 0.6 is 44.9 Å². The molecule has 2 unspecified atom stereocenters. The molecule has 0 bridgehead atoms. The molecule has 2 aromatic heterocycles. The average molecular weight is 576 g/mol. The lowest BCUT2D eigenvalue weighted by Gasteiger charge is -2.50. The molecule has 194 valence electrons. The molecule has 0 spiro atoms. The maximum absolute atomic E-state index is 11.4. The van der Waals surface area contributed by atoms with E-state index in [1.54, 1.807) is 53.9 Å². The zero-order chi connectivity index (χ0) is 26.0. The van der Waals surface area contributed by atoms with Gasteiger partial charge < -0.3 is 19.5 Å². The molecule has 37 heavy (non-hydrogen) atoms. The van der Waals surface area contributed by atoms with Crippen molar-refractivity contribution in [3.05, 3.63) is 54.2 Å². The van der Waals surface area contributed by atoms with Gasteiger partial charge in [-0.15, -0.1) is 19.4 Å². The Hall–Kier alpha value is -2.21. The Labute approximate surface area is 229 Å². The SMILES string of the molecule is Cn1c(SCSN2SCC2(CCC(=O)O)Cc2cc3ccc(P)cc3[nH]2)nnc1-c1cccc(OO)c1. The first-order valence-corrected chi connectivity index (χ1v) is 14.9. The molecule has 3 N–H and O–H groups in total. The molecule has 13 heteroatoms. The molecular weight excluding hydrogens is 549 g/mol. The van der Waals surface area contributed by atoms with Gasteiger partial charge in [0.1, 0.15) is 0 Å². The number of carboxylic acids is 1. The minimum atomic E-state index is -0.776. The van der Waals surface area contributed by atoms with E-state index >= 15 is 0 Å². The zero-order valence-electron chi connectivity index (χ0n) is 20.0. The quantitative estimate of drug-likeness (QED) is 0.0574. The van der Waals surface area contributed by atoms with Crippen molar-refractivity contribution in [1.29, 1.82) is 0 Å². The second-order valence-corrected chi connectivity index (χ2v) is 12.9. The maximum Gasteiger partial charge on any atom is 0.303 e. The number of thioether (sulfide) groups is 1. The molecule has 0 amide bonds. The van der Waals surface area contributed by atoms with Crippen LogP contribution in [0.3, 0.4) is 0 Å². The summed E-state index contributed by atoms with van der Waals surface area (Å²) in [7, 11) is 4.62. The van der Waals surface area contributed by atoms with Crippen LogP contribution in [0.2, 0.25) is 0 Å². The number of benzene rings is 2. The number of aromatic nitrogens is 4. The number of aliphatic carboxylic acids is 1. The summed E-state index contributed by atoms with van der Waals surface area (Å²) in [6, 6.07) is 15.5. The van der Waals surface area contributed by atoms with E-state index in [0.717, 1.165) is 44.8 Å². The van der Waals surface area contributed by atoms with Crippen LogP contribution in [0.4, 0.5) is 0 Å². The molecule has 1 aliphatic heterocycles. The van der Waals surface area contributed by atoms with Crippen LogP contribution in [0.15, 0.2) is 53.7 Å². The number of hydrogen-bond donors (Lipinski definition) is 3. The van der Waals surface area contributed by atoms with Crippen LogP contribution in [0.1, 0.15) is 18.5 Å². The van der Waals surface area contributed by atoms with Gasteiger partial charge in [-0.1, -0.05) is 59.9 Å². The van der Waals surface area contributed by atoms with E-state index in [2.05, 4.69) is 57.3 Å². The van der Waals surface area contributed by atoms with E-state index in [4.69, 9.17) is 5.26 Å². The van der Waals surface area contributed by atoms with Crippen LogP contribution in [0, 0.1) is 0 Å². The highest BCUT2D eigenvalue weighted by atomic mass is 32.2. The summed E-state index contributed by atoms with van der Waals surface area (Å²) < 4.78 is 4.17. The van der Waals surface area contributed by atoms with Crippen LogP contribution < -0.4 is 10.2 Å². The zero-order valence-corrected chi connectivity index (χ0v) is 23.6. The molecule has 3 heterocycles. The summed E-state index contributed by atoms with van der Waals surface area (Å²) in [5.74, 6) is 1.11. The number of carbonyl (C=O) groups is 1. The van der Waals surface area contributed by atoms with Crippen molar-refractivity contribution >= 4 is 67.1 Å². The summed E-state index contributed by atoms with van der Waals surface area (Å²) in [5, 5.41) is 30.7. The molecule has 0 aliphatic carbocycles. The highest BCUT2D eigenvalue weighted by Crippen LogP contribution is 2.50. The van der Waals surface area contributed by atoms with Gasteiger partial charge >= 0.3 is 5.97 Å². The molecule has 4 aromatic rings. The second-order valence-electron chi connectivity index (χ2n) is 8.84. The molecule has 9 nitrogen and oxygen atoms in total. The number of nitrogens with one attached hydrogen (secondary N) is 1. The monoisotopic (exact) mass is 575 g/mol. The molecular formula is C24H26N5O4PS3. The molecule has 2 aromatic carbocycles. The van der Waals surface area contributed by atoms with Crippen molar-refractivity contribution in [3.8, 4) is 17.1 Å². The van der Waals surface area contributed by atoms with Crippen molar-refractivity contribution < 1.29 is 20.0 Å². The van der Waals surface area contributed by atoms with Gasteiger partial charge in [0.2, 0.25) is 0 Å². The second kappa shape index (κ2) is 11.3. The molecule has 1 saturated heterocycles. The molecule has 1 fully saturated rings. The van der Waals surface area contributed by atoms with Crippen LogP contribution in [0.25, 0.3) is 22.3 Å². The smallest absolute Gasteiger partial charge is 0.303 e. The van der Waals surface area contributed by atoms with Crippen molar-refractivity contribution in [3.63, 3.8) is 0 Å². The number of fused-ring (bicyclic) bond motifs is 1. The lowest BCUT2D eigenvalue weighted by Crippen LogP contribution is -2.54. The Morgan fingerprint density at radius 2 is 2.14 bits per heavy atom. The third-order valence-electron chi connectivity index (χ3n) is 6.25. The third kappa shape index (κ3) is 5.79. The molecule has 0 radical (unpaired) electrons. The first kappa shape index (κ1) is 26.4. The van der Waals surface area contributed by atoms with E-state index in [1.165, 1.54) is 0 Å². The normalized spacial score (nSPS) is 17.7. The van der Waals surface area contributed by atoms with Crippen molar-refractivity contribution in [2.24, 2.45) is 7.05 Å². The average Bonchev–Trinajstić information content (AvgIpc) is 3.45. The molecule has 0 saturated carbocycles. The Morgan fingerprint density at radius 3 is 2.89 bits per heavy atom. The third-order valence-corrected chi connectivity index (χ3v) is 10.7. The number of hydrogen-bond acceptors (Lipinski definition) is 9. The number of H-pyrrole nitrogens is 1. The summed E-state index contributed by atoms with van der Waals surface area (Å²) >= 11 is 4.99. The Kier molecular flexibility index (Phi) is 8.04. The predicted molar refractivity (Wildman–Crippen MR) is 153 cm³/mol. The first-order chi connectivity index (χ1) is 17.9. The standard InChI is InChI=1S/C24H26N5O4PS3/c1-28-22(16-3-2-4-18(10-16)33-32)26-27-23(28)35-14-37-29-24(13-36-29,8-7-21(30)31)12-17-9-15-5-6-19(34)11-20(15)25-17/h2-6,9-11,25,32H,7-8,12-14,34H2,1H3,(H,30,31). The number of aromatic amines is 1. The molecule has 2 atom stereocenters.